The van der Waals surface area contributed by atoms with E-state index in [1.54, 1.807) is 6.07 Å². The molecule has 0 saturated carbocycles. The monoisotopic (exact) mass is 519 g/mol. The summed E-state index contributed by atoms with van der Waals surface area (Å²) in [5.41, 5.74) is 0.725. The van der Waals surface area contributed by atoms with E-state index in [4.69, 9.17) is 4.74 Å². The Morgan fingerprint density at radius 1 is 1.28 bits per heavy atom. The van der Waals surface area contributed by atoms with E-state index in [0.717, 1.165) is 83.5 Å². The molecule has 164 valence electrons. The lowest BCUT2D eigenvalue weighted by atomic mass is 10.1. The van der Waals surface area contributed by atoms with Crippen molar-refractivity contribution in [2.75, 3.05) is 78.0 Å². The number of para-hydroxylation sites is 1. The van der Waals surface area contributed by atoms with E-state index in [0.29, 0.717) is 5.92 Å². The van der Waals surface area contributed by atoms with E-state index in [1.165, 1.54) is 6.07 Å². The molecule has 1 N–H and O–H groups in total. The van der Waals surface area contributed by atoms with Crippen LogP contribution in [0, 0.1) is 11.7 Å². The topological polar surface area (TPSA) is 43.3 Å². The molecule has 0 aliphatic carbocycles. The predicted octanol–water partition coefficient (Wildman–Crippen LogP) is 2.50. The number of anilines is 1. The van der Waals surface area contributed by atoms with Gasteiger partial charge in [0.1, 0.15) is 5.82 Å². The van der Waals surface area contributed by atoms with Gasteiger partial charge in [-0.05, 0) is 31.5 Å². The van der Waals surface area contributed by atoms with E-state index in [9.17, 15) is 4.39 Å². The standard InChI is InChI=1S/C21H34FN5O.HI/c1-23-21(25(2)16-18-8-15-28-17-18)24-9-5-10-26-11-13-27(14-12-26)20-7-4-3-6-19(20)22;/h3-4,6-7,18H,5,8-17H2,1-2H3,(H,23,24);1H. The van der Waals surface area contributed by atoms with Gasteiger partial charge in [0.2, 0.25) is 0 Å². The molecule has 0 amide bonds. The fraction of sp³-hybridized carbons (Fsp3) is 0.667. The van der Waals surface area contributed by atoms with Crippen LogP contribution in [0.3, 0.4) is 0 Å². The lowest BCUT2D eigenvalue weighted by molar-refractivity contribution is 0.181. The third-order valence-electron chi connectivity index (χ3n) is 5.63. The van der Waals surface area contributed by atoms with Crippen LogP contribution in [0.5, 0.6) is 0 Å². The third-order valence-corrected chi connectivity index (χ3v) is 5.63. The number of halogens is 2. The van der Waals surface area contributed by atoms with Gasteiger partial charge in [0, 0.05) is 65.9 Å². The lowest BCUT2D eigenvalue weighted by Gasteiger charge is -2.36. The average Bonchev–Trinajstić information content (AvgIpc) is 3.22. The second-order valence-electron chi connectivity index (χ2n) is 7.72. The van der Waals surface area contributed by atoms with Gasteiger partial charge in [0.05, 0.1) is 12.3 Å². The first-order chi connectivity index (χ1) is 13.7. The molecule has 0 bridgehead atoms. The number of benzene rings is 1. The van der Waals surface area contributed by atoms with Crippen molar-refractivity contribution >= 4 is 35.6 Å². The summed E-state index contributed by atoms with van der Waals surface area (Å²) in [4.78, 5) is 11.2. The summed E-state index contributed by atoms with van der Waals surface area (Å²) in [6.45, 7) is 8.40. The van der Waals surface area contributed by atoms with Crippen molar-refractivity contribution in [3.05, 3.63) is 30.1 Å². The number of aliphatic imine (C=N–C) groups is 1. The Labute approximate surface area is 191 Å². The van der Waals surface area contributed by atoms with Gasteiger partial charge in [-0.25, -0.2) is 4.39 Å². The van der Waals surface area contributed by atoms with Gasteiger partial charge in [-0.3, -0.25) is 9.89 Å². The number of hydrogen-bond donors (Lipinski definition) is 1. The maximum Gasteiger partial charge on any atom is 0.193 e. The van der Waals surface area contributed by atoms with Crippen LogP contribution in [0.4, 0.5) is 10.1 Å². The van der Waals surface area contributed by atoms with Gasteiger partial charge in [0.25, 0.3) is 0 Å². The van der Waals surface area contributed by atoms with Crippen molar-refractivity contribution < 1.29 is 9.13 Å². The van der Waals surface area contributed by atoms with Crippen molar-refractivity contribution in [2.45, 2.75) is 12.8 Å². The summed E-state index contributed by atoms with van der Waals surface area (Å²) in [7, 11) is 3.93. The molecule has 6 nitrogen and oxygen atoms in total. The number of piperazine rings is 1. The van der Waals surface area contributed by atoms with Crippen LogP contribution in [-0.4, -0.2) is 88.9 Å². The molecule has 2 aliphatic heterocycles. The molecule has 1 aromatic carbocycles. The Hall–Kier alpha value is -1.13. The van der Waals surface area contributed by atoms with Crippen molar-refractivity contribution in [1.82, 2.24) is 15.1 Å². The predicted molar refractivity (Wildman–Crippen MR) is 128 cm³/mol. The highest BCUT2D eigenvalue weighted by Gasteiger charge is 2.20. The number of nitrogens with one attached hydrogen (secondary N) is 1. The second kappa shape index (κ2) is 12.5. The molecule has 1 unspecified atom stereocenters. The molecule has 0 aromatic heterocycles. The summed E-state index contributed by atoms with van der Waals surface area (Å²) in [5, 5.41) is 3.47. The lowest BCUT2D eigenvalue weighted by Crippen LogP contribution is -2.47. The van der Waals surface area contributed by atoms with E-state index in [-0.39, 0.29) is 29.8 Å². The normalized spacial score (nSPS) is 20.4. The van der Waals surface area contributed by atoms with E-state index in [2.05, 4.69) is 32.1 Å². The third kappa shape index (κ3) is 7.25. The van der Waals surface area contributed by atoms with Gasteiger partial charge in [0.15, 0.2) is 5.96 Å². The van der Waals surface area contributed by atoms with Gasteiger partial charge in [-0.15, -0.1) is 24.0 Å². The van der Waals surface area contributed by atoms with E-state index in [1.807, 2.05) is 19.2 Å². The molecular weight excluding hydrogens is 484 g/mol. The largest absolute Gasteiger partial charge is 0.381 e. The Balaban J connectivity index is 0.00000300. The molecule has 2 aliphatic rings. The minimum atomic E-state index is -0.125. The molecule has 2 heterocycles. The van der Waals surface area contributed by atoms with Crippen LogP contribution in [0.1, 0.15) is 12.8 Å². The van der Waals surface area contributed by atoms with Crippen LogP contribution in [-0.2, 0) is 4.74 Å². The van der Waals surface area contributed by atoms with Gasteiger partial charge >= 0.3 is 0 Å². The highest BCUT2D eigenvalue weighted by atomic mass is 127. The Morgan fingerprint density at radius 2 is 2.03 bits per heavy atom. The molecule has 29 heavy (non-hydrogen) atoms. The molecule has 1 aromatic rings. The summed E-state index contributed by atoms with van der Waals surface area (Å²) < 4.78 is 19.4. The van der Waals surface area contributed by atoms with Gasteiger partial charge in [-0.2, -0.15) is 0 Å². The minimum Gasteiger partial charge on any atom is -0.381 e. The number of guanidine groups is 1. The summed E-state index contributed by atoms with van der Waals surface area (Å²) >= 11 is 0. The zero-order valence-electron chi connectivity index (χ0n) is 17.6. The van der Waals surface area contributed by atoms with Gasteiger partial charge in [-0.1, -0.05) is 12.1 Å². The Morgan fingerprint density at radius 3 is 2.69 bits per heavy atom. The summed E-state index contributed by atoms with van der Waals surface area (Å²) in [6.07, 6.45) is 2.21. The first-order valence-corrected chi connectivity index (χ1v) is 10.4. The number of hydrogen-bond acceptors (Lipinski definition) is 4. The zero-order valence-corrected chi connectivity index (χ0v) is 20.0. The SMILES string of the molecule is CN=C(NCCCN1CCN(c2ccccc2F)CC1)N(C)CC1CCOC1.I. The maximum absolute atomic E-state index is 13.9. The molecule has 1 atom stereocenters. The van der Waals surface area contributed by atoms with Crippen molar-refractivity contribution in [2.24, 2.45) is 10.9 Å². The maximum atomic E-state index is 13.9. The highest BCUT2D eigenvalue weighted by molar-refractivity contribution is 14.0. The van der Waals surface area contributed by atoms with Crippen molar-refractivity contribution in [3.63, 3.8) is 0 Å². The fourth-order valence-corrected chi connectivity index (χ4v) is 4.01. The number of nitrogens with zero attached hydrogens (tertiary/aromatic N) is 4. The van der Waals surface area contributed by atoms with Crippen LogP contribution in [0.15, 0.2) is 29.3 Å². The summed E-state index contributed by atoms with van der Waals surface area (Å²) in [5.74, 6) is 1.44. The Bertz CT molecular complexity index is 633. The second-order valence-corrected chi connectivity index (χ2v) is 7.72. The zero-order chi connectivity index (χ0) is 19.8. The molecule has 2 saturated heterocycles. The molecule has 8 heteroatoms. The number of rotatable bonds is 7. The highest BCUT2D eigenvalue weighted by Crippen LogP contribution is 2.20. The minimum absolute atomic E-state index is 0. The molecule has 0 radical (unpaired) electrons. The van der Waals surface area contributed by atoms with Gasteiger partial charge < -0.3 is 19.9 Å². The van der Waals surface area contributed by atoms with Crippen molar-refractivity contribution in [1.29, 1.82) is 0 Å². The van der Waals surface area contributed by atoms with Crippen molar-refractivity contribution in [3.8, 4) is 0 Å². The van der Waals surface area contributed by atoms with E-state index >= 15 is 0 Å². The molecule has 2 fully saturated rings. The molecular formula is C21H35FIN5O. The molecule has 3 rings (SSSR count). The smallest absolute Gasteiger partial charge is 0.193 e. The van der Waals surface area contributed by atoms with Crippen LogP contribution in [0.25, 0.3) is 0 Å². The van der Waals surface area contributed by atoms with Crippen LogP contribution in [0.2, 0.25) is 0 Å². The Kier molecular flexibility index (Phi) is 10.4. The molecule has 0 spiro atoms. The van der Waals surface area contributed by atoms with Crippen LogP contribution < -0.4 is 10.2 Å². The first-order valence-electron chi connectivity index (χ1n) is 10.4. The fourth-order valence-electron chi connectivity index (χ4n) is 4.01. The van der Waals surface area contributed by atoms with E-state index < -0.39 is 0 Å². The first kappa shape index (κ1) is 24.1. The quantitative estimate of drug-likeness (QED) is 0.260. The summed E-state index contributed by atoms with van der Waals surface area (Å²) in [6, 6.07) is 7.06. The van der Waals surface area contributed by atoms with Crippen LogP contribution >= 0.6 is 24.0 Å². The number of ether oxygens (including phenoxy) is 1. The average molecular weight is 519 g/mol.